The summed E-state index contributed by atoms with van der Waals surface area (Å²) in [6, 6.07) is 12.1. The van der Waals surface area contributed by atoms with E-state index in [1.165, 1.54) is 6.08 Å². The van der Waals surface area contributed by atoms with Gasteiger partial charge >= 0.3 is 0 Å². The average molecular weight is 312 g/mol. The van der Waals surface area contributed by atoms with Gasteiger partial charge in [0.1, 0.15) is 0 Å². The number of allylic oxidation sites excluding steroid dienone is 1. The van der Waals surface area contributed by atoms with Gasteiger partial charge in [0.05, 0.1) is 5.02 Å². The van der Waals surface area contributed by atoms with Crippen molar-refractivity contribution in [2.24, 2.45) is 0 Å². The molecule has 19 heavy (non-hydrogen) atoms. The normalized spacial score (nSPS) is 10.9. The summed E-state index contributed by atoms with van der Waals surface area (Å²) >= 11 is 18.0. The third kappa shape index (κ3) is 3.38. The predicted molar refractivity (Wildman–Crippen MR) is 81.3 cm³/mol. The van der Waals surface area contributed by atoms with E-state index >= 15 is 0 Å². The van der Waals surface area contributed by atoms with Gasteiger partial charge < -0.3 is 0 Å². The van der Waals surface area contributed by atoms with Crippen LogP contribution in [0.2, 0.25) is 15.1 Å². The highest BCUT2D eigenvalue weighted by Gasteiger charge is 2.07. The molecule has 0 amide bonds. The fraction of sp³-hybridized carbons (Fsp3) is 0. The summed E-state index contributed by atoms with van der Waals surface area (Å²) < 4.78 is 0. The Balaban J connectivity index is 2.29. The van der Waals surface area contributed by atoms with Crippen LogP contribution in [0.15, 0.2) is 48.5 Å². The van der Waals surface area contributed by atoms with Crippen molar-refractivity contribution in [3.05, 3.63) is 74.7 Å². The summed E-state index contributed by atoms with van der Waals surface area (Å²) in [7, 11) is 0. The number of halogens is 3. The van der Waals surface area contributed by atoms with Crippen molar-refractivity contribution in [3.63, 3.8) is 0 Å². The van der Waals surface area contributed by atoms with E-state index in [1.807, 2.05) is 0 Å². The first-order chi connectivity index (χ1) is 9.09. The molecule has 2 aromatic rings. The van der Waals surface area contributed by atoms with Gasteiger partial charge in [-0.25, -0.2) is 0 Å². The Kier molecular flexibility index (Phi) is 4.65. The fourth-order valence-electron chi connectivity index (χ4n) is 1.58. The first kappa shape index (κ1) is 14.1. The van der Waals surface area contributed by atoms with Crippen LogP contribution in [-0.4, -0.2) is 5.78 Å². The molecule has 0 unspecified atom stereocenters. The van der Waals surface area contributed by atoms with Gasteiger partial charge in [-0.15, -0.1) is 0 Å². The molecule has 4 heteroatoms. The van der Waals surface area contributed by atoms with E-state index in [2.05, 4.69) is 0 Å². The lowest BCUT2D eigenvalue weighted by atomic mass is 10.1. The summed E-state index contributed by atoms with van der Waals surface area (Å²) in [5.41, 5.74) is 1.06. The summed E-state index contributed by atoms with van der Waals surface area (Å²) in [4.78, 5) is 12.0. The topological polar surface area (TPSA) is 17.1 Å². The van der Waals surface area contributed by atoms with Crippen LogP contribution < -0.4 is 0 Å². The third-order valence-corrected chi connectivity index (χ3v) is 3.53. The van der Waals surface area contributed by atoms with E-state index in [4.69, 9.17) is 34.8 Å². The van der Waals surface area contributed by atoms with Gasteiger partial charge in [0.2, 0.25) is 0 Å². The maximum Gasteiger partial charge on any atom is 0.187 e. The number of hydrogen-bond acceptors (Lipinski definition) is 1. The SMILES string of the molecule is O=C(/C=C\c1c(Cl)cccc1Cl)c1ccccc1Cl. The number of benzene rings is 2. The quantitative estimate of drug-likeness (QED) is 0.537. The Morgan fingerprint density at radius 3 is 2.05 bits per heavy atom. The second-order valence-corrected chi connectivity index (χ2v) is 5.03. The van der Waals surface area contributed by atoms with Gasteiger partial charge in [0.25, 0.3) is 0 Å². The molecule has 2 rings (SSSR count). The highest BCUT2D eigenvalue weighted by Crippen LogP contribution is 2.26. The van der Waals surface area contributed by atoms with Gasteiger partial charge in [-0.2, -0.15) is 0 Å². The number of ketones is 1. The molecule has 0 fully saturated rings. The minimum atomic E-state index is -0.193. The predicted octanol–water partition coefficient (Wildman–Crippen LogP) is 5.54. The minimum absolute atomic E-state index is 0.193. The smallest absolute Gasteiger partial charge is 0.187 e. The lowest BCUT2D eigenvalue weighted by Gasteiger charge is -2.01. The van der Waals surface area contributed by atoms with Crippen molar-refractivity contribution < 1.29 is 4.79 Å². The van der Waals surface area contributed by atoms with Gasteiger partial charge in [-0.3, -0.25) is 4.79 Å². The lowest BCUT2D eigenvalue weighted by molar-refractivity contribution is 0.104. The summed E-state index contributed by atoms with van der Waals surface area (Å²) in [6.45, 7) is 0. The zero-order chi connectivity index (χ0) is 13.8. The van der Waals surface area contributed by atoms with Crippen molar-refractivity contribution in [1.82, 2.24) is 0 Å². The van der Waals surface area contributed by atoms with Crippen molar-refractivity contribution >= 4 is 46.7 Å². The molecule has 0 aliphatic heterocycles. The van der Waals surface area contributed by atoms with Crippen molar-refractivity contribution in [1.29, 1.82) is 0 Å². The second-order valence-electron chi connectivity index (χ2n) is 3.81. The average Bonchev–Trinajstić information content (AvgIpc) is 2.38. The maximum absolute atomic E-state index is 12.0. The Morgan fingerprint density at radius 1 is 0.842 bits per heavy atom. The monoisotopic (exact) mass is 310 g/mol. The zero-order valence-corrected chi connectivity index (χ0v) is 12.0. The van der Waals surface area contributed by atoms with Crippen LogP contribution in [0.5, 0.6) is 0 Å². The fourth-order valence-corrected chi connectivity index (χ4v) is 2.33. The summed E-state index contributed by atoms with van der Waals surface area (Å²) in [5, 5.41) is 1.41. The molecule has 0 N–H and O–H groups in total. The highest BCUT2D eigenvalue weighted by atomic mass is 35.5. The molecule has 0 aliphatic carbocycles. The highest BCUT2D eigenvalue weighted by molar-refractivity contribution is 6.37. The number of rotatable bonds is 3. The number of carbonyl (C=O) groups excluding carboxylic acids is 1. The van der Waals surface area contributed by atoms with Gasteiger partial charge in [-0.1, -0.05) is 53.0 Å². The van der Waals surface area contributed by atoms with Gasteiger partial charge in [0, 0.05) is 21.2 Å². The maximum atomic E-state index is 12.0. The molecule has 96 valence electrons. The molecule has 0 aromatic heterocycles. The standard InChI is InChI=1S/C15H9Cl3O/c16-12-6-3-7-13(17)10(12)8-9-15(19)11-4-1-2-5-14(11)18/h1-9H/b9-8-. The molecule has 0 saturated carbocycles. The third-order valence-electron chi connectivity index (χ3n) is 2.54. The van der Waals surface area contributed by atoms with Crippen LogP contribution in [0.3, 0.4) is 0 Å². The Labute approximate surface area is 126 Å². The molecule has 0 saturated heterocycles. The van der Waals surface area contributed by atoms with E-state index < -0.39 is 0 Å². The van der Waals surface area contributed by atoms with E-state index in [1.54, 1.807) is 48.5 Å². The van der Waals surface area contributed by atoms with Crippen molar-refractivity contribution in [2.45, 2.75) is 0 Å². The molecular formula is C15H9Cl3O. The summed E-state index contributed by atoms with van der Waals surface area (Å²) in [6.07, 6.45) is 3.00. The Bertz CT molecular complexity index is 627. The first-order valence-electron chi connectivity index (χ1n) is 5.50. The molecule has 0 aliphatic rings. The number of hydrogen-bond donors (Lipinski definition) is 0. The van der Waals surface area contributed by atoms with E-state index in [9.17, 15) is 4.79 Å². The molecule has 1 nitrogen and oxygen atoms in total. The number of carbonyl (C=O) groups is 1. The summed E-state index contributed by atoms with van der Waals surface area (Å²) in [5.74, 6) is -0.193. The van der Waals surface area contributed by atoms with E-state index in [0.717, 1.165) is 0 Å². The van der Waals surface area contributed by atoms with E-state index in [0.29, 0.717) is 26.2 Å². The minimum Gasteiger partial charge on any atom is -0.289 e. The van der Waals surface area contributed by atoms with E-state index in [-0.39, 0.29) is 5.78 Å². The molecule has 0 atom stereocenters. The lowest BCUT2D eigenvalue weighted by Crippen LogP contribution is -1.94. The van der Waals surface area contributed by atoms with Crippen molar-refractivity contribution in [2.75, 3.05) is 0 Å². The second kappa shape index (κ2) is 6.25. The first-order valence-corrected chi connectivity index (χ1v) is 6.64. The van der Waals surface area contributed by atoms with Crippen LogP contribution in [-0.2, 0) is 0 Å². The van der Waals surface area contributed by atoms with Crippen LogP contribution in [0, 0.1) is 0 Å². The van der Waals surface area contributed by atoms with Gasteiger partial charge in [0.15, 0.2) is 5.78 Å². The Morgan fingerprint density at radius 2 is 1.42 bits per heavy atom. The molecular weight excluding hydrogens is 303 g/mol. The van der Waals surface area contributed by atoms with Crippen LogP contribution in [0.1, 0.15) is 15.9 Å². The van der Waals surface area contributed by atoms with Crippen molar-refractivity contribution in [3.8, 4) is 0 Å². The molecule has 2 aromatic carbocycles. The van der Waals surface area contributed by atoms with Gasteiger partial charge in [-0.05, 0) is 36.4 Å². The molecule has 0 bridgehead atoms. The Hall–Kier alpha value is -1.28. The van der Waals surface area contributed by atoms with Crippen LogP contribution in [0.25, 0.3) is 6.08 Å². The molecule has 0 heterocycles. The zero-order valence-electron chi connectivity index (χ0n) is 9.74. The molecule has 0 radical (unpaired) electrons. The van der Waals surface area contributed by atoms with Crippen LogP contribution in [0.4, 0.5) is 0 Å². The molecule has 0 spiro atoms. The largest absolute Gasteiger partial charge is 0.289 e. The van der Waals surface area contributed by atoms with Crippen LogP contribution >= 0.6 is 34.8 Å².